The highest BCUT2D eigenvalue weighted by Crippen LogP contribution is 2.13. The molecule has 0 aromatic heterocycles. The Balaban J connectivity index is 2.86. The molecule has 0 aliphatic heterocycles. The van der Waals surface area contributed by atoms with E-state index in [2.05, 4.69) is 13.8 Å². The molecule has 4 heteroatoms. The van der Waals surface area contributed by atoms with E-state index in [4.69, 9.17) is 4.74 Å². The van der Waals surface area contributed by atoms with Crippen LogP contribution in [0.25, 0.3) is 0 Å². The van der Waals surface area contributed by atoms with Crippen LogP contribution in [-0.4, -0.2) is 36.5 Å². The maximum Gasteiger partial charge on any atom is 0.325 e. The molecule has 22 heavy (non-hydrogen) atoms. The van der Waals surface area contributed by atoms with Crippen LogP contribution in [-0.2, 0) is 16.0 Å². The van der Waals surface area contributed by atoms with Crippen LogP contribution in [0.1, 0.15) is 50.0 Å². The summed E-state index contributed by atoms with van der Waals surface area (Å²) in [5.74, 6) is 0.0692. The van der Waals surface area contributed by atoms with Crippen LogP contribution in [0.15, 0.2) is 24.3 Å². The van der Waals surface area contributed by atoms with Crippen LogP contribution in [0.4, 0.5) is 0 Å². The molecule has 0 heterocycles. The van der Waals surface area contributed by atoms with Gasteiger partial charge in [0, 0.05) is 12.1 Å². The summed E-state index contributed by atoms with van der Waals surface area (Å²) in [6.45, 7) is 8.94. The van der Waals surface area contributed by atoms with E-state index in [1.165, 1.54) is 0 Å². The Hall–Kier alpha value is -1.84. The van der Waals surface area contributed by atoms with Crippen molar-refractivity contribution in [3.8, 4) is 0 Å². The second kappa shape index (κ2) is 9.23. The van der Waals surface area contributed by atoms with Crippen LogP contribution < -0.4 is 0 Å². The molecule has 0 aliphatic rings. The van der Waals surface area contributed by atoms with E-state index in [0.29, 0.717) is 24.6 Å². The Labute approximate surface area is 133 Å². The number of esters is 1. The molecule has 1 amide bonds. The molecule has 0 fully saturated rings. The number of nitrogens with zero attached hydrogens (tertiary/aromatic N) is 1. The number of benzene rings is 1. The first-order valence-corrected chi connectivity index (χ1v) is 8.01. The van der Waals surface area contributed by atoms with Crippen molar-refractivity contribution in [1.82, 2.24) is 4.90 Å². The van der Waals surface area contributed by atoms with Crippen molar-refractivity contribution in [2.75, 3.05) is 19.7 Å². The molecule has 0 aliphatic carbocycles. The minimum atomic E-state index is -0.359. The van der Waals surface area contributed by atoms with Gasteiger partial charge in [0.15, 0.2) is 0 Å². The van der Waals surface area contributed by atoms with Gasteiger partial charge in [-0.2, -0.15) is 0 Å². The van der Waals surface area contributed by atoms with Crippen LogP contribution in [0.5, 0.6) is 0 Å². The van der Waals surface area contributed by atoms with Crippen molar-refractivity contribution in [3.63, 3.8) is 0 Å². The van der Waals surface area contributed by atoms with Crippen molar-refractivity contribution >= 4 is 11.9 Å². The van der Waals surface area contributed by atoms with Crippen LogP contribution in [0, 0.1) is 5.92 Å². The molecule has 0 atom stereocenters. The molecule has 0 spiro atoms. The van der Waals surface area contributed by atoms with Gasteiger partial charge >= 0.3 is 5.97 Å². The maximum absolute atomic E-state index is 12.6. The molecule has 0 unspecified atom stereocenters. The smallest absolute Gasteiger partial charge is 0.325 e. The normalized spacial score (nSPS) is 10.6. The van der Waals surface area contributed by atoms with Gasteiger partial charge in [-0.1, -0.05) is 32.9 Å². The van der Waals surface area contributed by atoms with E-state index in [9.17, 15) is 9.59 Å². The number of carbonyl (C=O) groups is 2. The first-order chi connectivity index (χ1) is 10.5. The van der Waals surface area contributed by atoms with Crippen LogP contribution >= 0.6 is 0 Å². The third-order valence-corrected chi connectivity index (χ3v) is 3.22. The standard InChI is InChI=1S/C18H27NO3/c1-5-10-19(13-17(20)22-6-2)18(21)16-9-7-8-15(12-16)11-14(3)4/h7-9,12,14H,5-6,10-11,13H2,1-4H3. The molecule has 4 nitrogen and oxygen atoms in total. The predicted molar refractivity (Wildman–Crippen MR) is 87.8 cm³/mol. The summed E-state index contributed by atoms with van der Waals surface area (Å²) in [6.07, 6.45) is 1.74. The Bertz CT molecular complexity index is 497. The summed E-state index contributed by atoms with van der Waals surface area (Å²) in [5.41, 5.74) is 1.78. The Morgan fingerprint density at radius 1 is 1.23 bits per heavy atom. The van der Waals surface area contributed by atoms with Crippen LogP contribution in [0.2, 0.25) is 0 Å². The Morgan fingerprint density at radius 2 is 1.95 bits per heavy atom. The van der Waals surface area contributed by atoms with E-state index < -0.39 is 0 Å². The van der Waals surface area contributed by atoms with Crippen LogP contribution in [0.3, 0.4) is 0 Å². The second-order valence-corrected chi connectivity index (χ2v) is 5.83. The molecule has 0 radical (unpaired) electrons. The zero-order valence-electron chi connectivity index (χ0n) is 14.1. The van der Waals surface area contributed by atoms with Gasteiger partial charge in [-0.05, 0) is 43.4 Å². The lowest BCUT2D eigenvalue weighted by Crippen LogP contribution is -2.37. The van der Waals surface area contributed by atoms with E-state index in [0.717, 1.165) is 18.4 Å². The van der Waals surface area contributed by atoms with Crippen molar-refractivity contribution < 1.29 is 14.3 Å². The van der Waals surface area contributed by atoms with E-state index in [-0.39, 0.29) is 18.4 Å². The molecule has 0 saturated carbocycles. The zero-order chi connectivity index (χ0) is 16.5. The molecular formula is C18H27NO3. The minimum absolute atomic E-state index is 0.00885. The molecule has 1 rings (SSSR count). The number of ether oxygens (including phenoxy) is 1. The van der Waals surface area contributed by atoms with Crippen molar-refractivity contribution in [3.05, 3.63) is 35.4 Å². The monoisotopic (exact) mass is 305 g/mol. The van der Waals surface area contributed by atoms with Gasteiger partial charge in [0.25, 0.3) is 5.91 Å². The fourth-order valence-corrected chi connectivity index (χ4v) is 2.37. The summed E-state index contributed by atoms with van der Waals surface area (Å²) in [4.78, 5) is 25.9. The van der Waals surface area contributed by atoms with Crippen molar-refractivity contribution in [1.29, 1.82) is 0 Å². The SMILES string of the molecule is CCCN(CC(=O)OCC)C(=O)c1cccc(CC(C)C)c1. The maximum atomic E-state index is 12.6. The quantitative estimate of drug-likeness (QED) is 0.692. The first kappa shape index (κ1) is 18.2. The molecule has 0 saturated heterocycles. The average molecular weight is 305 g/mol. The number of hydrogen-bond donors (Lipinski definition) is 0. The van der Waals surface area contributed by atoms with Gasteiger partial charge in [-0.3, -0.25) is 9.59 Å². The van der Waals surface area contributed by atoms with Crippen molar-refractivity contribution in [2.24, 2.45) is 5.92 Å². The largest absolute Gasteiger partial charge is 0.465 e. The minimum Gasteiger partial charge on any atom is -0.465 e. The van der Waals surface area contributed by atoms with Gasteiger partial charge in [0.2, 0.25) is 0 Å². The number of hydrogen-bond acceptors (Lipinski definition) is 3. The molecule has 0 bridgehead atoms. The molecule has 1 aromatic carbocycles. The molecule has 1 aromatic rings. The number of carbonyl (C=O) groups excluding carboxylic acids is 2. The van der Waals surface area contributed by atoms with Gasteiger partial charge < -0.3 is 9.64 Å². The topological polar surface area (TPSA) is 46.6 Å². The highest BCUT2D eigenvalue weighted by atomic mass is 16.5. The third kappa shape index (κ3) is 5.88. The molecule has 122 valence electrons. The number of rotatable bonds is 8. The first-order valence-electron chi connectivity index (χ1n) is 8.01. The van der Waals surface area contributed by atoms with Gasteiger partial charge in [0.05, 0.1) is 6.61 Å². The summed E-state index contributed by atoms with van der Waals surface area (Å²) >= 11 is 0. The predicted octanol–water partition coefficient (Wildman–Crippen LogP) is 3.30. The van der Waals surface area contributed by atoms with E-state index >= 15 is 0 Å². The van der Waals surface area contributed by atoms with E-state index in [1.807, 2.05) is 25.1 Å². The van der Waals surface area contributed by atoms with Crippen molar-refractivity contribution in [2.45, 2.75) is 40.5 Å². The fourth-order valence-electron chi connectivity index (χ4n) is 2.37. The zero-order valence-corrected chi connectivity index (χ0v) is 14.1. The Kier molecular flexibility index (Phi) is 7.64. The Morgan fingerprint density at radius 3 is 2.55 bits per heavy atom. The number of amides is 1. The summed E-state index contributed by atoms with van der Waals surface area (Å²) < 4.78 is 4.95. The summed E-state index contributed by atoms with van der Waals surface area (Å²) in [5, 5.41) is 0. The molecular weight excluding hydrogens is 278 g/mol. The van der Waals surface area contributed by atoms with Gasteiger partial charge in [0.1, 0.15) is 6.54 Å². The highest BCUT2D eigenvalue weighted by molar-refractivity contribution is 5.96. The summed E-state index contributed by atoms with van der Waals surface area (Å²) in [6, 6.07) is 7.67. The highest BCUT2D eigenvalue weighted by Gasteiger charge is 2.19. The lowest BCUT2D eigenvalue weighted by Gasteiger charge is -2.21. The fraction of sp³-hybridized carbons (Fsp3) is 0.556. The summed E-state index contributed by atoms with van der Waals surface area (Å²) in [7, 11) is 0. The second-order valence-electron chi connectivity index (χ2n) is 5.83. The van der Waals surface area contributed by atoms with E-state index in [1.54, 1.807) is 17.9 Å². The lowest BCUT2D eigenvalue weighted by molar-refractivity contribution is -0.143. The van der Waals surface area contributed by atoms with Gasteiger partial charge in [-0.25, -0.2) is 0 Å². The lowest BCUT2D eigenvalue weighted by atomic mass is 10.0. The third-order valence-electron chi connectivity index (χ3n) is 3.22. The molecule has 0 N–H and O–H groups in total. The van der Waals surface area contributed by atoms with Gasteiger partial charge in [-0.15, -0.1) is 0 Å². The average Bonchev–Trinajstić information content (AvgIpc) is 2.46.